The van der Waals surface area contributed by atoms with Gasteiger partial charge in [0.25, 0.3) is 5.91 Å². The van der Waals surface area contributed by atoms with Crippen molar-refractivity contribution in [3.8, 4) is 11.6 Å². The van der Waals surface area contributed by atoms with Crippen molar-refractivity contribution >= 4 is 34.1 Å². The van der Waals surface area contributed by atoms with Crippen molar-refractivity contribution < 1.29 is 9.21 Å². The molecule has 0 aromatic carbocycles. The highest BCUT2D eigenvalue weighted by molar-refractivity contribution is 7.98. The number of nitrogens with one attached hydrogen (secondary N) is 1. The van der Waals surface area contributed by atoms with Gasteiger partial charge in [-0.1, -0.05) is 24.7 Å². The van der Waals surface area contributed by atoms with Gasteiger partial charge in [-0.25, -0.2) is 9.97 Å². The summed E-state index contributed by atoms with van der Waals surface area (Å²) in [6, 6.07) is 3.57. The summed E-state index contributed by atoms with van der Waals surface area (Å²) in [6.07, 6.45) is 6.47. The summed E-state index contributed by atoms with van der Waals surface area (Å²) in [5.74, 6) is 0.752. The van der Waals surface area contributed by atoms with Gasteiger partial charge in [-0.3, -0.25) is 10.1 Å². The summed E-state index contributed by atoms with van der Waals surface area (Å²) < 4.78 is 5.35. The molecule has 1 N–H and O–H groups in total. The Morgan fingerprint density at radius 1 is 1.35 bits per heavy atom. The van der Waals surface area contributed by atoms with Crippen LogP contribution in [0.25, 0.3) is 11.6 Å². The number of amides is 1. The number of thioether (sulfide) groups is 1. The zero-order valence-corrected chi connectivity index (χ0v) is 16.4. The van der Waals surface area contributed by atoms with E-state index in [1.54, 1.807) is 25.3 Å². The maximum absolute atomic E-state index is 12.7. The third kappa shape index (κ3) is 4.10. The fourth-order valence-corrected chi connectivity index (χ4v) is 3.76. The average Bonchev–Trinajstić information content (AvgIpc) is 3.31. The smallest absolute Gasteiger partial charge is 0.262 e. The van der Waals surface area contributed by atoms with Crippen molar-refractivity contribution in [3.05, 3.63) is 34.7 Å². The predicted molar refractivity (Wildman–Crippen MR) is 103 cm³/mol. The summed E-state index contributed by atoms with van der Waals surface area (Å²) in [4.78, 5) is 21.6. The number of furan rings is 1. The molecule has 0 radical (unpaired) electrons. The van der Waals surface area contributed by atoms with E-state index in [-0.39, 0.29) is 5.91 Å². The highest BCUT2D eigenvalue weighted by atomic mass is 32.2. The van der Waals surface area contributed by atoms with Gasteiger partial charge in [0.05, 0.1) is 17.5 Å². The van der Waals surface area contributed by atoms with Gasteiger partial charge >= 0.3 is 0 Å². The molecular weight excluding hydrogens is 370 g/mol. The maximum atomic E-state index is 12.7. The predicted octanol–water partition coefficient (Wildman–Crippen LogP) is 4.21. The molecule has 0 unspecified atom stereocenters. The van der Waals surface area contributed by atoms with Crippen molar-refractivity contribution in [3.63, 3.8) is 0 Å². The third-order valence-electron chi connectivity index (χ3n) is 3.65. The van der Waals surface area contributed by atoms with Gasteiger partial charge in [0, 0.05) is 6.42 Å². The van der Waals surface area contributed by atoms with E-state index in [0.717, 1.165) is 24.3 Å². The SMILES string of the molecule is CCCCc1nnc(NC(=O)c2c(C)nc(-c3ccco3)nc2SC)s1. The molecule has 0 aliphatic heterocycles. The van der Waals surface area contributed by atoms with Crippen LogP contribution in [0.15, 0.2) is 27.8 Å². The van der Waals surface area contributed by atoms with Crippen LogP contribution in [-0.4, -0.2) is 32.3 Å². The molecule has 26 heavy (non-hydrogen) atoms. The van der Waals surface area contributed by atoms with Crippen LogP contribution in [0.4, 0.5) is 5.13 Å². The van der Waals surface area contributed by atoms with E-state index in [1.165, 1.54) is 23.1 Å². The van der Waals surface area contributed by atoms with E-state index < -0.39 is 0 Å². The van der Waals surface area contributed by atoms with Crippen molar-refractivity contribution in [2.45, 2.75) is 38.1 Å². The van der Waals surface area contributed by atoms with E-state index in [2.05, 4.69) is 32.4 Å². The number of hydrogen-bond acceptors (Lipinski definition) is 8. The Kier molecular flexibility index (Phi) is 6.00. The number of hydrogen-bond donors (Lipinski definition) is 1. The molecule has 3 heterocycles. The Hall–Kier alpha value is -2.26. The van der Waals surface area contributed by atoms with Gasteiger partial charge in [0.2, 0.25) is 5.13 Å². The van der Waals surface area contributed by atoms with Crippen molar-refractivity contribution in [2.24, 2.45) is 0 Å². The Balaban J connectivity index is 1.83. The average molecular weight is 390 g/mol. The largest absolute Gasteiger partial charge is 0.461 e. The van der Waals surface area contributed by atoms with Crippen LogP contribution >= 0.6 is 23.1 Å². The molecule has 3 rings (SSSR count). The maximum Gasteiger partial charge on any atom is 0.262 e. The van der Waals surface area contributed by atoms with Crippen LogP contribution in [-0.2, 0) is 6.42 Å². The number of aromatic nitrogens is 4. The van der Waals surface area contributed by atoms with Gasteiger partial charge in [0.15, 0.2) is 11.6 Å². The molecule has 7 nitrogen and oxygen atoms in total. The van der Waals surface area contributed by atoms with E-state index >= 15 is 0 Å². The molecule has 3 aromatic heterocycles. The first-order valence-electron chi connectivity index (χ1n) is 8.22. The second-order valence-corrected chi connectivity index (χ2v) is 7.41. The quantitative estimate of drug-likeness (QED) is 0.478. The lowest BCUT2D eigenvalue weighted by Crippen LogP contribution is -2.16. The summed E-state index contributed by atoms with van der Waals surface area (Å²) in [5, 5.41) is 13.0. The van der Waals surface area contributed by atoms with Crippen LogP contribution in [0.5, 0.6) is 0 Å². The molecule has 0 aliphatic carbocycles. The number of anilines is 1. The molecule has 0 bridgehead atoms. The van der Waals surface area contributed by atoms with Crippen LogP contribution in [0.2, 0.25) is 0 Å². The third-order valence-corrected chi connectivity index (χ3v) is 5.23. The lowest BCUT2D eigenvalue weighted by Gasteiger charge is -2.10. The molecule has 0 fully saturated rings. The molecule has 0 aliphatic rings. The van der Waals surface area contributed by atoms with E-state index in [0.29, 0.717) is 33.0 Å². The number of carbonyl (C=O) groups excluding carboxylic acids is 1. The number of carbonyl (C=O) groups is 1. The summed E-state index contributed by atoms with van der Waals surface area (Å²) in [6.45, 7) is 3.92. The minimum Gasteiger partial charge on any atom is -0.461 e. The molecule has 0 saturated heterocycles. The minimum absolute atomic E-state index is 0.281. The Morgan fingerprint density at radius 3 is 2.88 bits per heavy atom. The number of aryl methyl sites for hydroxylation is 2. The molecule has 1 amide bonds. The molecule has 136 valence electrons. The molecule has 0 saturated carbocycles. The second-order valence-electron chi connectivity index (χ2n) is 5.55. The first-order chi connectivity index (χ1) is 12.6. The molecule has 9 heteroatoms. The summed E-state index contributed by atoms with van der Waals surface area (Å²) >= 11 is 2.79. The first kappa shape index (κ1) is 18.5. The van der Waals surface area contributed by atoms with Gasteiger partial charge in [0.1, 0.15) is 10.0 Å². The fourth-order valence-electron chi connectivity index (χ4n) is 2.36. The molecular formula is C17H19N5O2S2. The number of rotatable bonds is 7. The van der Waals surface area contributed by atoms with Crippen LogP contribution in [0, 0.1) is 6.92 Å². The fraction of sp³-hybridized carbons (Fsp3) is 0.353. The molecule has 0 spiro atoms. The van der Waals surface area contributed by atoms with E-state index in [1.807, 2.05) is 6.26 Å². The highest BCUT2D eigenvalue weighted by Gasteiger charge is 2.21. The van der Waals surface area contributed by atoms with Gasteiger partial charge in [-0.2, -0.15) is 0 Å². The van der Waals surface area contributed by atoms with E-state index in [9.17, 15) is 4.79 Å². The number of nitrogens with zero attached hydrogens (tertiary/aromatic N) is 4. The zero-order valence-electron chi connectivity index (χ0n) is 14.8. The lowest BCUT2D eigenvalue weighted by atomic mass is 10.2. The van der Waals surface area contributed by atoms with E-state index in [4.69, 9.17) is 4.42 Å². The molecule has 0 atom stereocenters. The Morgan fingerprint density at radius 2 is 2.19 bits per heavy atom. The van der Waals surface area contributed by atoms with Crippen LogP contribution in [0.1, 0.15) is 40.8 Å². The Bertz CT molecular complexity index is 893. The Labute approximate surface area is 159 Å². The topological polar surface area (TPSA) is 93.8 Å². The molecule has 3 aromatic rings. The van der Waals surface area contributed by atoms with Gasteiger partial charge in [-0.15, -0.1) is 22.0 Å². The van der Waals surface area contributed by atoms with Crippen LogP contribution in [0.3, 0.4) is 0 Å². The second kappa shape index (κ2) is 8.41. The monoisotopic (exact) mass is 389 g/mol. The summed E-state index contributed by atoms with van der Waals surface area (Å²) in [5.41, 5.74) is 1.03. The minimum atomic E-state index is -0.281. The van der Waals surface area contributed by atoms with Crippen molar-refractivity contribution in [2.75, 3.05) is 11.6 Å². The standard InChI is InChI=1S/C17H19N5O2S2/c1-4-5-8-12-21-22-17(26-12)20-15(23)13-10(2)18-14(19-16(13)25-3)11-7-6-9-24-11/h6-7,9H,4-5,8H2,1-3H3,(H,20,22,23). The highest BCUT2D eigenvalue weighted by Crippen LogP contribution is 2.26. The summed E-state index contributed by atoms with van der Waals surface area (Å²) in [7, 11) is 0. The van der Waals surface area contributed by atoms with Crippen LogP contribution < -0.4 is 5.32 Å². The number of unbranched alkanes of at least 4 members (excludes halogenated alkanes) is 1. The van der Waals surface area contributed by atoms with Gasteiger partial charge in [-0.05, 0) is 31.7 Å². The zero-order chi connectivity index (χ0) is 18.5. The first-order valence-corrected chi connectivity index (χ1v) is 10.3. The van der Waals surface area contributed by atoms with Gasteiger partial charge < -0.3 is 4.42 Å². The normalized spacial score (nSPS) is 10.9. The van der Waals surface area contributed by atoms with Crippen molar-refractivity contribution in [1.82, 2.24) is 20.2 Å². The van der Waals surface area contributed by atoms with Crippen molar-refractivity contribution in [1.29, 1.82) is 0 Å². The lowest BCUT2D eigenvalue weighted by molar-refractivity contribution is 0.102.